The average molecular weight is 1100 g/mol. The molecule has 0 atom stereocenters. The van der Waals surface area contributed by atoms with Crippen molar-refractivity contribution in [3.05, 3.63) is 214 Å². The van der Waals surface area contributed by atoms with Crippen LogP contribution in [0.2, 0.25) is 0 Å². The molecule has 0 aliphatic heterocycles. The van der Waals surface area contributed by atoms with E-state index in [9.17, 15) is 0 Å². The van der Waals surface area contributed by atoms with E-state index in [1.807, 2.05) is 0 Å². The summed E-state index contributed by atoms with van der Waals surface area (Å²) >= 11 is 0. The second-order valence-electron chi connectivity index (χ2n) is 27.6. The molecule has 0 bridgehead atoms. The molecule has 8 aromatic carbocycles. The molecule has 1 nitrogen and oxygen atoms in total. The summed E-state index contributed by atoms with van der Waals surface area (Å²) in [6, 6.07) is 63.0. The van der Waals surface area contributed by atoms with Gasteiger partial charge in [0.05, 0.1) is 0 Å². The molecule has 2 aliphatic rings. The molecule has 0 aromatic heterocycles. The first-order valence-electron chi connectivity index (χ1n) is 32.6. The highest BCUT2D eigenvalue weighted by molar-refractivity contribution is 5.88. The van der Waals surface area contributed by atoms with Gasteiger partial charge in [0.25, 0.3) is 0 Å². The van der Waals surface area contributed by atoms with Gasteiger partial charge in [-0.15, -0.1) is 0 Å². The maximum Gasteiger partial charge on any atom is 0.0386 e. The zero-order valence-corrected chi connectivity index (χ0v) is 53.6. The molecule has 0 fully saturated rings. The molecule has 0 unspecified atom stereocenters. The van der Waals surface area contributed by atoms with E-state index in [2.05, 4.69) is 259 Å². The number of unbranched alkanes of at least 4 members (excludes halogenated alkanes) is 11. The van der Waals surface area contributed by atoms with E-state index in [4.69, 9.17) is 0 Å². The van der Waals surface area contributed by atoms with Crippen LogP contribution in [-0.2, 0) is 28.1 Å². The molecule has 0 radical (unpaired) electrons. The number of benzene rings is 8. The van der Waals surface area contributed by atoms with E-state index in [0.717, 1.165) is 17.8 Å². The molecule has 1 heteroatoms. The zero-order valence-electron chi connectivity index (χ0n) is 53.6. The SMILES string of the molecule is CCCCCCCCC1(CCCCCCCC)c2ccccc2-c2ccc(-c3ccc4c(c3)C(C)(C)c3cc(-c5ccc(Nc6cccc(C)c6)cc5)ccc3-4)cc21.CCCCc1ccc(C(C)(C)C)cc1-c1cc(C(C)(C)C)ccc1C. The number of hydrogen-bond acceptors (Lipinski definition) is 1. The summed E-state index contributed by atoms with van der Waals surface area (Å²) in [5, 5.41) is 3.57. The van der Waals surface area contributed by atoms with Crippen LogP contribution in [0, 0.1) is 13.8 Å². The Hall–Kier alpha value is -6.44. The first-order valence-corrected chi connectivity index (χ1v) is 32.6. The molecule has 10 rings (SSSR count). The van der Waals surface area contributed by atoms with E-state index in [-0.39, 0.29) is 21.7 Å². The summed E-state index contributed by atoms with van der Waals surface area (Å²) in [5.74, 6) is 0. The van der Waals surface area contributed by atoms with Gasteiger partial charge in [-0.2, -0.15) is 0 Å². The van der Waals surface area contributed by atoms with Crippen LogP contribution in [0.15, 0.2) is 164 Å². The monoisotopic (exact) mass is 1100 g/mol. The Kier molecular flexibility index (Phi) is 19.6. The van der Waals surface area contributed by atoms with E-state index < -0.39 is 0 Å². The Labute approximate surface area is 504 Å². The highest BCUT2D eigenvalue weighted by Gasteiger charge is 2.43. The van der Waals surface area contributed by atoms with Crippen LogP contribution in [0.5, 0.6) is 0 Å². The lowest BCUT2D eigenvalue weighted by Gasteiger charge is -2.33. The summed E-state index contributed by atoms with van der Waals surface area (Å²) in [4.78, 5) is 0. The van der Waals surface area contributed by atoms with Gasteiger partial charge in [-0.3, -0.25) is 0 Å². The quantitative estimate of drug-likeness (QED) is 0.0667. The Morgan fingerprint density at radius 3 is 1.41 bits per heavy atom. The average Bonchev–Trinajstić information content (AvgIpc) is 2.00. The molecule has 0 heterocycles. The fraction of sp³-hybridized carbons (Fsp3) is 0.415. The molecule has 8 aromatic rings. The van der Waals surface area contributed by atoms with Crippen LogP contribution in [0.3, 0.4) is 0 Å². The molecule has 83 heavy (non-hydrogen) atoms. The highest BCUT2D eigenvalue weighted by Crippen LogP contribution is 2.56. The van der Waals surface area contributed by atoms with Gasteiger partial charge < -0.3 is 5.32 Å². The van der Waals surface area contributed by atoms with Gasteiger partial charge in [0.1, 0.15) is 0 Å². The number of rotatable bonds is 22. The fourth-order valence-electron chi connectivity index (χ4n) is 13.7. The maximum absolute atomic E-state index is 3.57. The highest BCUT2D eigenvalue weighted by atomic mass is 14.9. The van der Waals surface area contributed by atoms with E-state index in [1.54, 1.807) is 11.1 Å². The lowest BCUT2D eigenvalue weighted by molar-refractivity contribution is 0.398. The Morgan fingerprint density at radius 1 is 0.361 bits per heavy atom. The predicted octanol–water partition coefficient (Wildman–Crippen LogP) is 24.7. The molecule has 0 amide bonds. The van der Waals surface area contributed by atoms with E-state index >= 15 is 0 Å². The van der Waals surface area contributed by atoms with Gasteiger partial charge in [-0.05, 0) is 199 Å². The maximum atomic E-state index is 3.57. The van der Waals surface area contributed by atoms with Crippen molar-refractivity contribution in [2.75, 3.05) is 5.32 Å². The van der Waals surface area contributed by atoms with Crippen molar-refractivity contribution in [3.8, 4) is 55.6 Å². The van der Waals surface area contributed by atoms with Crippen LogP contribution in [0.1, 0.15) is 229 Å². The molecule has 2 aliphatic carbocycles. The third-order valence-electron chi connectivity index (χ3n) is 18.9. The lowest BCUT2D eigenvalue weighted by Crippen LogP contribution is -2.25. The second-order valence-corrected chi connectivity index (χ2v) is 27.6. The molecule has 0 spiro atoms. The standard InChI is InChI=1S/C57H65N.C25H36/c1-6-8-10-12-14-18-35-57(36-19-15-13-11-9-7-2)52-24-17-16-23-48(52)51-34-29-45(40-55(51)57)44-28-33-50-49-32-27-43(38-53(49)56(4,5)54(50)39-44)42-25-30-46(31-26-42)58-47-22-20-21-41(3)37-47;1-9-10-11-19-13-15-21(25(6,7)8)17-23(19)22-16-20(24(3,4)5)14-12-18(22)2/h16-17,20-34,37-40,58H,6-15,18-19,35-36H2,1-5H3;12-17H,9-11H2,1-8H3. The Morgan fingerprint density at radius 2 is 0.843 bits per heavy atom. The summed E-state index contributed by atoms with van der Waals surface area (Å²) in [6.07, 6.45) is 22.3. The van der Waals surface area contributed by atoms with Crippen molar-refractivity contribution in [3.63, 3.8) is 0 Å². The minimum atomic E-state index is -0.102. The van der Waals surface area contributed by atoms with Crippen LogP contribution >= 0.6 is 0 Å². The van der Waals surface area contributed by atoms with Crippen molar-refractivity contribution < 1.29 is 0 Å². The Balaban J connectivity index is 0.000000277. The van der Waals surface area contributed by atoms with Crippen molar-refractivity contribution in [1.82, 2.24) is 0 Å². The van der Waals surface area contributed by atoms with Crippen LogP contribution in [0.4, 0.5) is 11.4 Å². The topological polar surface area (TPSA) is 12.0 Å². The van der Waals surface area contributed by atoms with Gasteiger partial charge in [0.2, 0.25) is 0 Å². The molecule has 0 saturated heterocycles. The van der Waals surface area contributed by atoms with Crippen LogP contribution in [0.25, 0.3) is 55.6 Å². The van der Waals surface area contributed by atoms with E-state index in [0.29, 0.717) is 0 Å². The Bertz CT molecular complexity index is 3440. The van der Waals surface area contributed by atoms with Gasteiger partial charge in [0, 0.05) is 22.2 Å². The number of anilines is 2. The van der Waals surface area contributed by atoms with Gasteiger partial charge in [-0.1, -0.05) is 281 Å². The lowest BCUT2D eigenvalue weighted by atomic mass is 9.70. The van der Waals surface area contributed by atoms with Crippen molar-refractivity contribution in [2.24, 2.45) is 0 Å². The number of nitrogens with one attached hydrogen (secondary N) is 1. The normalized spacial score (nSPS) is 13.7. The first kappa shape index (κ1) is 61.1. The van der Waals surface area contributed by atoms with Crippen molar-refractivity contribution >= 4 is 11.4 Å². The van der Waals surface area contributed by atoms with Crippen molar-refractivity contribution in [2.45, 2.75) is 221 Å². The summed E-state index contributed by atoms with van der Waals surface area (Å²) in [5.41, 5.74) is 29.3. The summed E-state index contributed by atoms with van der Waals surface area (Å²) in [6.45, 7) is 29.9. The minimum absolute atomic E-state index is 0.0922. The number of fused-ring (bicyclic) bond motifs is 6. The molecular formula is C82H101N. The largest absolute Gasteiger partial charge is 0.356 e. The number of hydrogen-bond donors (Lipinski definition) is 1. The van der Waals surface area contributed by atoms with E-state index in [1.165, 1.54) is 197 Å². The molecule has 1 N–H and O–H groups in total. The summed E-state index contributed by atoms with van der Waals surface area (Å²) in [7, 11) is 0. The number of aryl methyl sites for hydroxylation is 3. The fourth-order valence-corrected chi connectivity index (χ4v) is 13.7. The molecule has 0 saturated carbocycles. The van der Waals surface area contributed by atoms with Gasteiger partial charge >= 0.3 is 0 Å². The second kappa shape index (κ2) is 26.6. The zero-order chi connectivity index (χ0) is 58.9. The third kappa shape index (κ3) is 13.9. The molecule has 434 valence electrons. The molecular weight excluding hydrogens is 999 g/mol. The smallest absolute Gasteiger partial charge is 0.0386 e. The van der Waals surface area contributed by atoms with Crippen LogP contribution in [-0.4, -0.2) is 0 Å². The van der Waals surface area contributed by atoms with Gasteiger partial charge in [0.15, 0.2) is 0 Å². The third-order valence-corrected chi connectivity index (χ3v) is 18.9. The van der Waals surface area contributed by atoms with Crippen LogP contribution < -0.4 is 5.32 Å². The summed E-state index contributed by atoms with van der Waals surface area (Å²) < 4.78 is 0. The first-order chi connectivity index (χ1) is 39.9. The van der Waals surface area contributed by atoms with Crippen molar-refractivity contribution in [1.29, 1.82) is 0 Å². The van der Waals surface area contributed by atoms with Gasteiger partial charge in [-0.25, -0.2) is 0 Å². The minimum Gasteiger partial charge on any atom is -0.356 e. The predicted molar refractivity (Wildman–Crippen MR) is 364 cm³/mol.